The number of fused-ring (bicyclic) bond motifs is 1. The fourth-order valence-corrected chi connectivity index (χ4v) is 4.09. The number of nitrogens with zero attached hydrogens (tertiary/aromatic N) is 2. The predicted molar refractivity (Wildman–Crippen MR) is 96.3 cm³/mol. The Kier molecular flexibility index (Phi) is 4.49. The summed E-state index contributed by atoms with van der Waals surface area (Å²) >= 11 is 0. The molecule has 0 radical (unpaired) electrons. The lowest BCUT2D eigenvalue weighted by molar-refractivity contribution is 0.0697. The van der Waals surface area contributed by atoms with Crippen LogP contribution in [0, 0.1) is 0 Å². The topological polar surface area (TPSA) is 84.2 Å². The van der Waals surface area contributed by atoms with Crippen LogP contribution in [0.15, 0.2) is 30.5 Å². The first-order valence-electron chi connectivity index (χ1n) is 9.34. The molecule has 1 unspecified atom stereocenters. The summed E-state index contributed by atoms with van der Waals surface area (Å²) in [7, 11) is 0. The minimum absolute atomic E-state index is 0.109. The van der Waals surface area contributed by atoms with Crippen LogP contribution in [0.3, 0.4) is 0 Å². The number of aromatic nitrogens is 2. The fourth-order valence-electron chi connectivity index (χ4n) is 4.09. The smallest absolute Gasteiger partial charge is 0.335 e. The summed E-state index contributed by atoms with van der Waals surface area (Å²) in [6.45, 7) is 0. The van der Waals surface area contributed by atoms with E-state index in [0.29, 0.717) is 11.6 Å². The van der Waals surface area contributed by atoms with E-state index in [1.807, 2.05) is 0 Å². The molecule has 1 aromatic heterocycles. The van der Waals surface area contributed by atoms with Gasteiger partial charge < -0.3 is 10.4 Å². The van der Waals surface area contributed by atoms with Gasteiger partial charge in [-0.25, -0.2) is 4.79 Å². The average Bonchev–Trinajstić information content (AvgIpc) is 3.31. The number of amides is 1. The van der Waals surface area contributed by atoms with E-state index in [9.17, 15) is 9.59 Å². The van der Waals surface area contributed by atoms with Gasteiger partial charge in [-0.15, -0.1) is 0 Å². The Hall–Kier alpha value is -2.63. The van der Waals surface area contributed by atoms with Crippen LogP contribution in [-0.4, -0.2) is 26.8 Å². The van der Waals surface area contributed by atoms with Gasteiger partial charge in [0.1, 0.15) is 0 Å². The van der Waals surface area contributed by atoms with Crippen LogP contribution < -0.4 is 5.32 Å². The summed E-state index contributed by atoms with van der Waals surface area (Å²) in [5.41, 5.74) is 2.69. The largest absolute Gasteiger partial charge is 0.478 e. The van der Waals surface area contributed by atoms with Gasteiger partial charge in [-0.2, -0.15) is 5.10 Å². The van der Waals surface area contributed by atoms with E-state index in [0.717, 1.165) is 25.0 Å². The summed E-state index contributed by atoms with van der Waals surface area (Å²) in [4.78, 5) is 23.7. The number of benzene rings is 1. The van der Waals surface area contributed by atoms with Gasteiger partial charge in [0.15, 0.2) is 0 Å². The number of hydrogen-bond donors (Lipinski definition) is 2. The minimum atomic E-state index is -1.03. The molecule has 6 heteroatoms. The van der Waals surface area contributed by atoms with E-state index in [1.54, 1.807) is 12.1 Å². The lowest BCUT2D eigenvalue weighted by atomic mass is 9.93. The molecule has 2 aromatic rings. The second-order valence-electron chi connectivity index (χ2n) is 7.26. The SMILES string of the molecule is O=C(O)c1cccc(C(=O)NC2CCCc3cn(C4CCCC4)nc32)c1. The third kappa shape index (κ3) is 3.23. The van der Waals surface area contributed by atoms with Gasteiger partial charge in [-0.3, -0.25) is 9.48 Å². The number of carboxylic acid groups (broad SMARTS) is 1. The molecule has 1 aromatic carbocycles. The van der Waals surface area contributed by atoms with Crippen molar-refractivity contribution in [2.75, 3.05) is 0 Å². The summed E-state index contributed by atoms with van der Waals surface area (Å²) in [5, 5.41) is 17.0. The van der Waals surface area contributed by atoms with Gasteiger partial charge in [0, 0.05) is 11.8 Å². The molecule has 4 rings (SSSR count). The lowest BCUT2D eigenvalue weighted by Crippen LogP contribution is -2.31. The van der Waals surface area contributed by atoms with Crippen LogP contribution in [-0.2, 0) is 6.42 Å². The van der Waals surface area contributed by atoms with Crippen LogP contribution in [0.1, 0.15) is 82.6 Å². The van der Waals surface area contributed by atoms with Crippen molar-refractivity contribution >= 4 is 11.9 Å². The Morgan fingerprint density at radius 1 is 1.12 bits per heavy atom. The molecular formula is C20H23N3O3. The number of carbonyl (C=O) groups excluding carboxylic acids is 1. The molecule has 2 aliphatic rings. The normalized spacial score (nSPS) is 19.9. The monoisotopic (exact) mass is 353 g/mol. The number of aromatic carboxylic acids is 1. The molecule has 2 aliphatic carbocycles. The Morgan fingerprint density at radius 3 is 2.65 bits per heavy atom. The van der Waals surface area contributed by atoms with Crippen LogP contribution in [0.5, 0.6) is 0 Å². The highest BCUT2D eigenvalue weighted by atomic mass is 16.4. The second kappa shape index (κ2) is 6.94. The Labute approximate surface area is 152 Å². The van der Waals surface area contributed by atoms with Gasteiger partial charge in [0.2, 0.25) is 0 Å². The van der Waals surface area contributed by atoms with E-state index in [2.05, 4.69) is 16.2 Å². The fraction of sp³-hybridized carbons (Fsp3) is 0.450. The Morgan fingerprint density at radius 2 is 1.88 bits per heavy atom. The van der Waals surface area contributed by atoms with Crippen LogP contribution >= 0.6 is 0 Å². The number of rotatable bonds is 4. The van der Waals surface area contributed by atoms with Crippen molar-refractivity contribution in [2.24, 2.45) is 0 Å². The van der Waals surface area contributed by atoms with Crippen molar-refractivity contribution in [1.29, 1.82) is 0 Å². The van der Waals surface area contributed by atoms with Crippen LogP contribution in [0.2, 0.25) is 0 Å². The number of aryl methyl sites for hydroxylation is 1. The molecule has 2 N–H and O–H groups in total. The average molecular weight is 353 g/mol. The van der Waals surface area contributed by atoms with Crippen LogP contribution in [0.4, 0.5) is 0 Å². The summed E-state index contributed by atoms with van der Waals surface area (Å²) in [6.07, 6.45) is 9.92. The van der Waals surface area contributed by atoms with Crippen molar-refractivity contribution < 1.29 is 14.7 Å². The molecule has 1 heterocycles. The van der Waals surface area contributed by atoms with Crippen molar-refractivity contribution in [2.45, 2.75) is 57.0 Å². The van der Waals surface area contributed by atoms with E-state index in [4.69, 9.17) is 10.2 Å². The third-order valence-corrected chi connectivity index (χ3v) is 5.49. The van der Waals surface area contributed by atoms with Crippen molar-refractivity contribution in [1.82, 2.24) is 15.1 Å². The van der Waals surface area contributed by atoms with E-state index >= 15 is 0 Å². The van der Waals surface area contributed by atoms with Gasteiger partial charge in [0.05, 0.1) is 23.3 Å². The molecule has 1 fully saturated rings. The molecular weight excluding hydrogens is 330 g/mol. The first kappa shape index (κ1) is 16.8. The van der Waals surface area contributed by atoms with Crippen molar-refractivity contribution in [3.63, 3.8) is 0 Å². The number of hydrogen-bond acceptors (Lipinski definition) is 3. The van der Waals surface area contributed by atoms with E-state index in [-0.39, 0.29) is 17.5 Å². The zero-order valence-corrected chi connectivity index (χ0v) is 14.6. The van der Waals surface area contributed by atoms with Gasteiger partial charge >= 0.3 is 5.97 Å². The molecule has 0 saturated heterocycles. The summed E-state index contributed by atoms with van der Waals surface area (Å²) < 4.78 is 2.10. The van der Waals surface area contributed by atoms with Crippen LogP contribution in [0.25, 0.3) is 0 Å². The highest BCUT2D eigenvalue weighted by molar-refractivity contribution is 5.97. The minimum Gasteiger partial charge on any atom is -0.478 e. The van der Waals surface area contributed by atoms with E-state index in [1.165, 1.54) is 43.4 Å². The first-order chi connectivity index (χ1) is 12.6. The highest BCUT2D eigenvalue weighted by Crippen LogP contribution is 2.33. The Balaban J connectivity index is 1.53. The molecule has 0 spiro atoms. The van der Waals surface area contributed by atoms with Crippen molar-refractivity contribution in [3.8, 4) is 0 Å². The number of nitrogens with one attached hydrogen (secondary N) is 1. The zero-order valence-electron chi connectivity index (χ0n) is 14.6. The van der Waals surface area contributed by atoms with Crippen molar-refractivity contribution in [3.05, 3.63) is 52.8 Å². The number of carboxylic acids is 1. The molecule has 136 valence electrons. The molecule has 1 saturated carbocycles. The van der Waals surface area contributed by atoms with Gasteiger partial charge in [0.25, 0.3) is 5.91 Å². The third-order valence-electron chi connectivity index (χ3n) is 5.49. The lowest BCUT2D eigenvalue weighted by Gasteiger charge is -2.22. The van der Waals surface area contributed by atoms with Gasteiger partial charge in [-0.05, 0) is 55.9 Å². The summed E-state index contributed by atoms with van der Waals surface area (Å²) in [6, 6.07) is 6.52. The maximum Gasteiger partial charge on any atom is 0.335 e. The molecule has 26 heavy (non-hydrogen) atoms. The number of carbonyl (C=O) groups is 2. The maximum absolute atomic E-state index is 12.6. The maximum atomic E-state index is 12.6. The summed E-state index contributed by atoms with van der Waals surface area (Å²) in [5.74, 6) is -1.28. The Bertz CT molecular complexity index is 837. The molecule has 0 aliphatic heterocycles. The highest BCUT2D eigenvalue weighted by Gasteiger charge is 2.28. The molecule has 1 atom stereocenters. The molecule has 0 bridgehead atoms. The molecule has 6 nitrogen and oxygen atoms in total. The standard InChI is InChI=1S/C20H23N3O3/c24-19(13-5-3-6-14(11-13)20(25)26)21-17-10-4-7-15-12-23(22-18(15)17)16-8-1-2-9-16/h3,5-6,11-12,16-17H,1-2,4,7-10H2,(H,21,24)(H,25,26). The molecule has 1 amide bonds. The van der Waals surface area contributed by atoms with E-state index < -0.39 is 5.97 Å². The van der Waals surface area contributed by atoms with Gasteiger partial charge in [-0.1, -0.05) is 18.9 Å². The predicted octanol–water partition coefficient (Wildman–Crippen LogP) is 3.50. The zero-order chi connectivity index (χ0) is 18.1. The first-order valence-corrected chi connectivity index (χ1v) is 9.34. The second-order valence-corrected chi connectivity index (χ2v) is 7.26. The quantitative estimate of drug-likeness (QED) is 0.881.